The Morgan fingerprint density at radius 1 is 1.04 bits per heavy atom. The van der Waals surface area contributed by atoms with E-state index in [-0.39, 0.29) is 5.91 Å². The van der Waals surface area contributed by atoms with E-state index >= 15 is 0 Å². The van der Waals surface area contributed by atoms with Gasteiger partial charge in [0, 0.05) is 29.8 Å². The van der Waals surface area contributed by atoms with Crippen molar-refractivity contribution in [1.29, 1.82) is 0 Å². The molecule has 2 N–H and O–H groups in total. The molecule has 2 heterocycles. The first-order valence-corrected chi connectivity index (χ1v) is 9.03. The lowest BCUT2D eigenvalue weighted by Gasteiger charge is -2.07. The summed E-state index contributed by atoms with van der Waals surface area (Å²) in [5.74, 6) is 1.30. The Kier molecular flexibility index (Phi) is 5.01. The van der Waals surface area contributed by atoms with Gasteiger partial charge in [0.05, 0.1) is 13.3 Å². The number of nitrogens with zero attached hydrogens (tertiary/aromatic N) is 2. The predicted molar refractivity (Wildman–Crippen MR) is 109 cm³/mol. The maximum atomic E-state index is 12.3. The molecule has 4 rings (SSSR count). The highest BCUT2D eigenvalue weighted by atomic mass is 16.5. The molecule has 0 saturated carbocycles. The van der Waals surface area contributed by atoms with E-state index in [2.05, 4.69) is 26.6 Å². The number of carbonyl (C=O) groups excluding carboxylic acids is 1. The zero-order valence-corrected chi connectivity index (χ0v) is 15.5. The molecule has 0 saturated heterocycles. The average Bonchev–Trinajstić information content (AvgIpc) is 3.27. The minimum Gasteiger partial charge on any atom is -0.497 e. The fraction of sp³-hybridized carbons (Fsp3) is 0.136. The van der Waals surface area contributed by atoms with Crippen molar-refractivity contribution < 1.29 is 9.53 Å². The van der Waals surface area contributed by atoms with Crippen LogP contribution in [0.1, 0.15) is 12.0 Å². The summed E-state index contributed by atoms with van der Waals surface area (Å²) in [5.41, 5.74) is 3.17. The summed E-state index contributed by atoms with van der Waals surface area (Å²) in [6, 6.07) is 15.7. The third kappa shape index (κ3) is 4.01. The van der Waals surface area contributed by atoms with Gasteiger partial charge in [0.2, 0.25) is 5.91 Å². The Balaban J connectivity index is 1.43. The molecular weight excluding hydrogens is 352 g/mol. The van der Waals surface area contributed by atoms with Crippen LogP contribution in [-0.4, -0.2) is 28.2 Å². The number of H-pyrrole nitrogens is 1. The number of nitrogens with one attached hydrogen (secondary N) is 2. The van der Waals surface area contributed by atoms with Crippen LogP contribution in [0.5, 0.6) is 5.75 Å². The van der Waals surface area contributed by atoms with Gasteiger partial charge in [0.25, 0.3) is 0 Å². The number of hydrogen-bond acceptors (Lipinski definition) is 4. The van der Waals surface area contributed by atoms with Crippen LogP contribution < -0.4 is 10.1 Å². The van der Waals surface area contributed by atoms with Crippen LogP contribution in [0, 0.1) is 0 Å². The fourth-order valence-electron chi connectivity index (χ4n) is 3.05. The van der Waals surface area contributed by atoms with Gasteiger partial charge in [-0.3, -0.25) is 9.89 Å². The Bertz CT molecular complexity index is 1090. The minimum atomic E-state index is -0.0614. The molecule has 6 heteroatoms. The molecule has 0 aliphatic carbocycles. The van der Waals surface area contributed by atoms with Gasteiger partial charge < -0.3 is 10.1 Å². The van der Waals surface area contributed by atoms with Crippen molar-refractivity contribution in [3.05, 3.63) is 72.7 Å². The molecule has 0 aliphatic rings. The average molecular weight is 372 g/mol. The number of amides is 1. The van der Waals surface area contributed by atoms with Crippen molar-refractivity contribution in [3.63, 3.8) is 0 Å². The number of hydrogen-bond donors (Lipinski definition) is 2. The van der Waals surface area contributed by atoms with Gasteiger partial charge in [-0.2, -0.15) is 5.10 Å². The molecule has 2 aromatic carbocycles. The Morgan fingerprint density at radius 2 is 1.89 bits per heavy atom. The zero-order chi connectivity index (χ0) is 19.3. The van der Waals surface area contributed by atoms with Crippen LogP contribution in [0.25, 0.3) is 21.9 Å². The van der Waals surface area contributed by atoms with Crippen molar-refractivity contribution in [2.45, 2.75) is 12.8 Å². The van der Waals surface area contributed by atoms with Gasteiger partial charge in [-0.25, -0.2) is 4.98 Å². The maximum absolute atomic E-state index is 12.3. The number of rotatable bonds is 6. The largest absolute Gasteiger partial charge is 0.497 e. The summed E-state index contributed by atoms with van der Waals surface area (Å²) in [7, 11) is 1.64. The first-order valence-electron chi connectivity index (χ1n) is 9.03. The van der Waals surface area contributed by atoms with Gasteiger partial charge >= 0.3 is 0 Å². The number of aromatic nitrogens is 3. The van der Waals surface area contributed by atoms with E-state index in [0.29, 0.717) is 18.7 Å². The first-order chi connectivity index (χ1) is 13.7. The summed E-state index contributed by atoms with van der Waals surface area (Å²) in [4.78, 5) is 16.7. The van der Waals surface area contributed by atoms with Gasteiger partial charge in [-0.05, 0) is 47.2 Å². The lowest BCUT2D eigenvalue weighted by molar-refractivity contribution is -0.116. The molecule has 1 amide bonds. The second-order valence-corrected chi connectivity index (χ2v) is 6.51. The number of ether oxygens (including phenoxy) is 1. The van der Waals surface area contributed by atoms with Crippen LogP contribution in [-0.2, 0) is 11.2 Å². The molecule has 0 unspecified atom stereocenters. The topological polar surface area (TPSA) is 79.9 Å². The van der Waals surface area contributed by atoms with Gasteiger partial charge in [0.1, 0.15) is 11.6 Å². The lowest BCUT2D eigenvalue weighted by atomic mass is 10.1. The summed E-state index contributed by atoms with van der Waals surface area (Å²) < 4.78 is 5.15. The molecule has 140 valence electrons. The van der Waals surface area contributed by atoms with Gasteiger partial charge in [-0.15, -0.1) is 0 Å². The second kappa shape index (κ2) is 7.92. The number of benzene rings is 2. The van der Waals surface area contributed by atoms with Crippen molar-refractivity contribution in [2.75, 3.05) is 12.4 Å². The first kappa shape index (κ1) is 17.7. The molecule has 0 bridgehead atoms. The third-order valence-electron chi connectivity index (χ3n) is 4.62. The minimum absolute atomic E-state index is 0.0614. The third-order valence-corrected chi connectivity index (χ3v) is 4.62. The highest BCUT2D eigenvalue weighted by molar-refractivity contribution is 5.94. The standard InChI is InChI=1S/C22H20N4O2/c1-28-20-7-2-15(3-8-20)4-9-22(27)26-21-11-18-10-16(19-13-24-25-14-19)5-6-17(18)12-23-21/h2-3,5-8,10-14H,4,9H2,1H3,(H,24,25)(H,23,26,27). The molecule has 0 radical (unpaired) electrons. The molecule has 4 aromatic rings. The second-order valence-electron chi connectivity index (χ2n) is 6.51. The molecule has 0 spiro atoms. The van der Waals surface area contributed by atoms with Crippen molar-refractivity contribution in [1.82, 2.24) is 15.2 Å². The summed E-state index contributed by atoms with van der Waals surface area (Å²) in [6.07, 6.45) is 6.46. The van der Waals surface area contributed by atoms with E-state index in [1.54, 1.807) is 19.5 Å². The number of pyridine rings is 1. The van der Waals surface area contributed by atoms with Crippen molar-refractivity contribution in [3.8, 4) is 16.9 Å². The monoisotopic (exact) mass is 372 g/mol. The number of carbonyl (C=O) groups is 1. The van der Waals surface area contributed by atoms with Crippen molar-refractivity contribution >= 4 is 22.5 Å². The van der Waals surface area contributed by atoms with E-state index in [0.717, 1.165) is 33.2 Å². The van der Waals surface area contributed by atoms with Crippen LogP contribution in [0.2, 0.25) is 0 Å². The Hall–Kier alpha value is -3.67. The number of aryl methyl sites for hydroxylation is 1. The summed E-state index contributed by atoms with van der Waals surface area (Å²) >= 11 is 0. The lowest BCUT2D eigenvalue weighted by Crippen LogP contribution is -2.13. The smallest absolute Gasteiger partial charge is 0.225 e. The predicted octanol–water partition coefficient (Wildman–Crippen LogP) is 4.20. The molecular formula is C22H20N4O2. The summed E-state index contributed by atoms with van der Waals surface area (Å²) in [6.45, 7) is 0. The Labute approximate surface area is 162 Å². The summed E-state index contributed by atoms with van der Waals surface area (Å²) in [5, 5.41) is 11.7. The number of aromatic amines is 1. The van der Waals surface area contributed by atoms with Crippen LogP contribution in [0.3, 0.4) is 0 Å². The van der Waals surface area contributed by atoms with E-state index in [9.17, 15) is 4.79 Å². The van der Waals surface area contributed by atoms with Crippen LogP contribution in [0.15, 0.2) is 67.1 Å². The Morgan fingerprint density at radius 3 is 2.64 bits per heavy atom. The molecule has 0 fully saturated rings. The molecule has 2 aromatic heterocycles. The molecule has 6 nitrogen and oxygen atoms in total. The van der Waals surface area contributed by atoms with E-state index in [1.165, 1.54) is 0 Å². The van der Waals surface area contributed by atoms with Gasteiger partial charge in [-0.1, -0.05) is 24.3 Å². The number of anilines is 1. The van der Waals surface area contributed by atoms with Gasteiger partial charge in [0.15, 0.2) is 0 Å². The molecule has 28 heavy (non-hydrogen) atoms. The zero-order valence-electron chi connectivity index (χ0n) is 15.5. The fourth-order valence-corrected chi connectivity index (χ4v) is 3.05. The van der Waals surface area contributed by atoms with Crippen LogP contribution in [0.4, 0.5) is 5.82 Å². The SMILES string of the molecule is COc1ccc(CCC(=O)Nc2cc3cc(-c4cn[nH]c4)ccc3cn2)cc1. The molecule has 0 atom stereocenters. The molecule has 0 aliphatic heterocycles. The van der Waals surface area contributed by atoms with E-state index < -0.39 is 0 Å². The number of methoxy groups -OCH3 is 1. The van der Waals surface area contributed by atoms with Crippen LogP contribution >= 0.6 is 0 Å². The maximum Gasteiger partial charge on any atom is 0.225 e. The number of fused-ring (bicyclic) bond motifs is 1. The van der Waals surface area contributed by atoms with E-state index in [4.69, 9.17) is 4.74 Å². The quantitative estimate of drug-likeness (QED) is 0.531. The highest BCUT2D eigenvalue weighted by Crippen LogP contribution is 2.24. The van der Waals surface area contributed by atoms with Crippen molar-refractivity contribution in [2.24, 2.45) is 0 Å². The normalized spacial score (nSPS) is 10.8. The highest BCUT2D eigenvalue weighted by Gasteiger charge is 2.07. The van der Waals surface area contributed by atoms with E-state index in [1.807, 2.05) is 48.7 Å².